The van der Waals surface area contributed by atoms with Crippen LogP contribution in [-0.4, -0.2) is 25.3 Å². The van der Waals surface area contributed by atoms with Crippen molar-refractivity contribution >= 4 is 5.97 Å². The van der Waals surface area contributed by atoms with Crippen molar-refractivity contribution < 1.29 is 23.8 Å². The molecule has 2 rings (SSSR count). The zero-order valence-electron chi connectivity index (χ0n) is 13.5. The van der Waals surface area contributed by atoms with Crippen LogP contribution in [0, 0.1) is 5.82 Å². The third-order valence-electron chi connectivity index (χ3n) is 3.89. The molecule has 0 aliphatic carbocycles. The Kier molecular flexibility index (Phi) is 4.59. The molecule has 0 radical (unpaired) electrons. The van der Waals surface area contributed by atoms with Gasteiger partial charge in [0.15, 0.2) is 0 Å². The average molecular weight is 318 g/mol. The fourth-order valence-electron chi connectivity index (χ4n) is 2.22. The molecule has 0 aliphatic rings. The molecule has 0 saturated carbocycles. The number of hydrogen-bond acceptors (Lipinski definition) is 3. The van der Waals surface area contributed by atoms with Crippen molar-refractivity contribution in [1.82, 2.24) is 0 Å². The standard InChI is InChI=1S/C18H19FO4/c1-18(2,17(20)21)12-5-6-15(16(19)9-12)11-7-13(22-3)10-14(8-11)23-4/h5-10H,1-4H3,(H,20,21). The Hall–Kier alpha value is -2.56. The van der Waals surface area contributed by atoms with Crippen molar-refractivity contribution in [3.8, 4) is 22.6 Å². The van der Waals surface area contributed by atoms with Crippen LogP contribution in [0.3, 0.4) is 0 Å². The van der Waals surface area contributed by atoms with E-state index in [0.717, 1.165) is 0 Å². The van der Waals surface area contributed by atoms with E-state index in [1.54, 1.807) is 44.2 Å². The van der Waals surface area contributed by atoms with Crippen LogP contribution in [0.25, 0.3) is 11.1 Å². The zero-order valence-corrected chi connectivity index (χ0v) is 13.5. The monoisotopic (exact) mass is 318 g/mol. The van der Waals surface area contributed by atoms with Gasteiger partial charge in [0.1, 0.15) is 17.3 Å². The third kappa shape index (κ3) is 3.28. The average Bonchev–Trinajstić information content (AvgIpc) is 2.53. The Labute approximate surface area is 134 Å². The van der Waals surface area contributed by atoms with Crippen LogP contribution in [0.5, 0.6) is 11.5 Å². The molecule has 0 atom stereocenters. The van der Waals surface area contributed by atoms with Crippen LogP contribution >= 0.6 is 0 Å². The molecule has 1 N–H and O–H groups in total. The number of ether oxygens (including phenoxy) is 2. The van der Waals surface area contributed by atoms with Crippen LogP contribution < -0.4 is 9.47 Å². The smallest absolute Gasteiger partial charge is 0.313 e. The molecule has 0 bridgehead atoms. The lowest BCUT2D eigenvalue weighted by molar-refractivity contribution is -0.142. The van der Waals surface area contributed by atoms with Crippen molar-refractivity contribution in [1.29, 1.82) is 0 Å². The number of halogens is 1. The Morgan fingerprint density at radius 1 is 1.04 bits per heavy atom. The summed E-state index contributed by atoms with van der Waals surface area (Å²) in [5, 5.41) is 9.25. The normalized spacial score (nSPS) is 11.2. The van der Waals surface area contributed by atoms with E-state index in [1.165, 1.54) is 20.3 Å². The van der Waals surface area contributed by atoms with E-state index in [2.05, 4.69) is 0 Å². The van der Waals surface area contributed by atoms with Gasteiger partial charge in [-0.2, -0.15) is 0 Å². The van der Waals surface area contributed by atoms with Crippen LogP contribution in [0.15, 0.2) is 36.4 Å². The lowest BCUT2D eigenvalue weighted by Gasteiger charge is -2.20. The minimum Gasteiger partial charge on any atom is -0.497 e. The molecule has 2 aromatic rings. The van der Waals surface area contributed by atoms with Crippen molar-refractivity contribution in [3.63, 3.8) is 0 Å². The van der Waals surface area contributed by atoms with Crippen LogP contribution in [-0.2, 0) is 10.2 Å². The van der Waals surface area contributed by atoms with E-state index >= 15 is 0 Å². The minimum atomic E-state index is -1.16. The second-order valence-electron chi connectivity index (χ2n) is 5.73. The summed E-state index contributed by atoms with van der Waals surface area (Å²) in [5.41, 5.74) is 0.192. The van der Waals surface area contributed by atoms with Gasteiger partial charge in [-0.05, 0) is 43.2 Å². The molecule has 0 spiro atoms. The molecule has 4 nitrogen and oxygen atoms in total. The Balaban J connectivity index is 2.52. The molecule has 0 aromatic heterocycles. The molecule has 0 unspecified atom stereocenters. The van der Waals surface area contributed by atoms with Gasteiger partial charge in [0.2, 0.25) is 0 Å². The first-order chi connectivity index (χ1) is 10.8. The predicted molar refractivity (Wildman–Crippen MR) is 85.6 cm³/mol. The van der Waals surface area contributed by atoms with Gasteiger partial charge in [0.05, 0.1) is 19.6 Å². The maximum atomic E-state index is 14.5. The summed E-state index contributed by atoms with van der Waals surface area (Å²) in [6.45, 7) is 3.08. The molecule has 5 heteroatoms. The number of aliphatic carboxylic acids is 1. The second-order valence-corrected chi connectivity index (χ2v) is 5.73. The number of hydrogen-bond donors (Lipinski definition) is 1. The van der Waals surface area contributed by atoms with Gasteiger partial charge in [0.25, 0.3) is 0 Å². The van der Waals surface area contributed by atoms with Gasteiger partial charge in [0, 0.05) is 11.6 Å². The highest BCUT2D eigenvalue weighted by Crippen LogP contribution is 2.33. The second kappa shape index (κ2) is 6.28. The van der Waals surface area contributed by atoms with Gasteiger partial charge >= 0.3 is 5.97 Å². The van der Waals surface area contributed by atoms with Crippen molar-refractivity contribution in [3.05, 3.63) is 47.8 Å². The summed E-state index contributed by atoms with van der Waals surface area (Å²) in [7, 11) is 3.04. The molecule has 0 saturated heterocycles. The number of carbonyl (C=O) groups is 1. The van der Waals surface area contributed by atoms with E-state index in [1.807, 2.05) is 0 Å². The summed E-state index contributed by atoms with van der Waals surface area (Å²) in [5.74, 6) is -0.401. The van der Waals surface area contributed by atoms with E-state index < -0.39 is 17.2 Å². The maximum absolute atomic E-state index is 14.5. The first kappa shape index (κ1) is 16.8. The van der Waals surface area contributed by atoms with E-state index in [-0.39, 0.29) is 0 Å². The molecule has 0 amide bonds. The molecule has 122 valence electrons. The third-order valence-corrected chi connectivity index (χ3v) is 3.89. The molecular weight excluding hydrogens is 299 g/mol. The Morgan fingerprint density at radius 3 is 2.04 bits per heavy atom. The number of carboxylic acids is 1. The molecule has 0 aliphatic heterocycles. The van der Waals surface area contributed by atoms with Crippen LogP contribution in [0.1, 0.15) is 19.4 Å². The lowest BCUT2D eigenvalue weighted by Crippen LogP contribution is -2.28. The number of rotatable bonds is 5. The van der Waals surface area contributed by atoms with Crippen LogP contribution in [0.2, 0.25) is 0 Å². The highest BCUT2D eigenvalue weighted by Gasteiger charge is 2.30. The highest BCUT2D eigenvalue weighted by atomic mass is 19.1. The first-order valence-electron chi connectivity index (χ1n) is 7.06. The van der Waals surface area contributed by atoms with E-state index in [0.29, 0.717) is 28.2 Å². The fourth-order valence-corrected chi connectivity index (χ4v) is 2.22. The summed E-state index contributed by atoms with van der Waals surface area (Å²) in [6.07, 6.45) is 0. The van der Waals surface area contributed by atoms with Gasteiger partial charge in [-0.25, -0.2) is 4.39 Å². The lowest BCUT2D eigenvalue weighted by atomic mass is 9.84. The fraction of sp³-hybridized carbons (Fsp3) is 0.278. The molecular formula is C18H19FO4. The quantitative estimate of drug-likeness (QED) is 0.909. The SMILES string of the molecule is COc1cc(OC)cc(-c2ccc(C(C)(C)C(=O)O)cc2F)c1. The van der Waals surface area contributed by atoms with Gasteiger partial charge in [-0.3, -0.25) is 4.79 Å². The van der Waals surface area contributed by atoms with E-state index in [9.17, 15) is 14.3 Å². The van der Waals surface area contributed by atoms with Gasteiger partial charge < -0.3 is 14.6 Å². The zero-order chi connectivity index (χ0) is 17.2. The molecule has 2 aromatic carbocycles. The largest absolute Gasteiger partial charge is 0.497 e. The highest BCUT2D eigenvalue weighted by molar-refractivity contribution is 5.80. The number of benzene rings is 2. The summed E-state index contributed by atoms with van der Waals surface area (Å²) >= 11 is 0. The van der Waals surface area contributed by atoms with Crippen molar-refractivity contribution in [2.75, 3.05) is 14.2 Å². The van der Waals surface area contributed by atoms with Gasteiger partial charge in [-0.1, -0.05) is 12.1 Å². The minimum absolute atomic E-state index is 0.354. The van der Waals surface area contributed by atoms with Crippen molar-refractivity contribution in [2.24, 2.45) is 0 Å². The summed E-state index contributed by atoms with van der Waals surface area (Å²) in [6, 6.07) is 9.55. The van der Waals surface area contributed by atoms with Crippen LogP contribution in [0.4, 0.5) is 4.39 Å². The number of carboxylic acid groups (broad SMARTS) is 1. The first-order valence-corrected chi connectivity index (χ1v) is 7.06. The molecule has 0 fully saturated rings. The molecule has 0 heterocycles. The summed E-state index contributed by atoms with van der Waals surface area (Å²) < 4.78 is 24.9. The summed E-state index contributed by atoms with van der Waals surface area (Å²) in [4.78, 5) is 11.3. The Bertz CT molecular complexity index is 716. The predicted octanol–water partition coefficient (Wildman–Crippen LogP) is 3.87. The Morgan fingerprint density at radius 2 is 1.61 bits per heavy atom. The molecule has 23 heavy (non-hydrogen) atoms. The van der Waals surface area contributed by atoms with E-state index in [4.69, 9.17) is 9.47 Å². The maximum Gasteiger partial charge on any atom is 0.313 e. The van der Waals surface area contributed by atoms with Gasteiger partial charge in [-0.15, -0.1) is 0 Å². The number of methoxy groups -OCH3 is 2. The van der Waals surface area contributed by atoms with Crippen molar-refractivity contribution in [2.45, 2.75) is 19.3 Å². The topological polar surface area (TPSA) is 55.8 Å².